The molecule has 110 valence electrons. The van der Waals surface area contributed by atoms with Crippen LogP contribution in [0.3, 0.4) is 0 Å². The monoisotopic (exact) mass is 272 g/mol. The Morgan fingerprint density at radius 1 is 1.47 bits per heavy atom. The van der Waals surface area contributed by atoms with E-state index in [4.69, 9.17) is 15.6 Å². The van der Waals surface area contributed by atoms with Crippen molar-refractivity contribution in [2.24, 2.45) is 5.73 Å². The summed E-state index contributed by atoms with van der Waals surface area (Å²) < 4.78 is 5.35. The number of nitrogens with zero attached hydrogens (tertiary/aromatic N) is 1. The van der Waals surface area contributed by atoms with E-state index < -0.39 is 17.6 Å². The van der Waals surface area contributed by atoms with Crippen LogP contribution in [0, 0.1) is 0 Å². The summed E-state index contributed by atoms with van der Waals surface area (Å²) in [5.41, 5.74) is 4.97. The second-order valence-electron chi connectivity index (χ2n) is 5.99. The van der Waals surface area contributed by atoms with Gasteiger partial charge in [0.2, 0.25) is 0 Å². The minimum atomic E-state index is -0.998. The van der Waals surface area contributed by atoms with E-state index >= 15 is 0 Å². The molecule has 0 radical (unpaired) electrons. The van der Waals surface area contributed by atoms with Gasteiger partial charge in [-0.05, 0) is 46.5 Å². The summed E-state index contributed by atoms with van der Waals surface area (Å²) in [7, 11) is 0. The number of hydrogen-bond donors (Lipinski definition) is 2. The van der Waals surface area contributed by atoms with E-state index in [2.05, 4.69) is 0 Å². The standard InChI is InChI=1S/C13H24N2O4/c1-13(2,3)19-12(18)15-8-4-5-9(15)6-7-10(14)11(16)17/h9-10H,4-8,14H2,1-3H3,(H,16,17). The topological polar surface area (TPSA) is 92.9 Å². The number of aliphatic carboxylic acids is 1. The average molecular weight is 272 g/mol. The Morgan fingerprint density at radius 2 is 2.11 bits per heavy atom. The SMILES string of the molecule is CC(C)(C)OC(=O)N1CCCC1CCC(N)C(=O)O. The van der Waals surface area contributed by atoms with Crippen LogP contribution < -0.4 is 5.73 Å². The number of likely N-dealkylation sites (tertiary alicyclic amines) is 1. The van der Waals surface area contributed by atoms with Gasteiger partial charge < -0.3 is 20.5 Å². The Morgan fingerprint density at radius 3 is 2.63 bits per heavy atom. The van der Waals surface area contributed by atoms with Gasteiger partial charge in [0.05, 0.1) is 0 Å². The lowest BCUT2D eigenvalue weighted by Gasteiger charge is -2.28. The van der Waals surface area contributed by atoms with Crippen LogP contribution >= 0.6 is 0 Å². The number of amides is 1. The molecular formula is C13H24N2O4. The summed E-state index contributed by atoms with van der Waals surface area (Å²) in [5, 5.41) is 8.75. The summed E-state index contributed by atoms with van der Waals surface area (Å²) >= 11 is 0. The quantitative estimate of drug-likeness (QED) is 0.810. The fourth-order valence-electron chi connectivity index (χ4n) is 2.19. The summed E-state index contributed by atoms with van der Waals surface area (Å²) in [6, 6.07) is -0.818. The Bertz CT molecular complexity index is 338. The van der Waals surface area contributed by atoms with Crippen molar-refractivity contribution in [1.82, 2.24) is 4.90 Å². The van der Waals surface area contributed by atoms with Crippen LogP contribution in [0.4, 0.5) is 4.79 Å². The van der Waals surface area contributed by atoms with Crippen molar-refractivity contribution in [3.05, 3.63) is 0 Å². The molecule has 1 aliphatic heterocycles. The Kier molecular flexibility index (Phi) is 5.17. The second kappa shape index (κ2) is 6.23. The molecule has 0 aromatic rings. The molecule has 1 fully saturated rings. The molecule has 0 aliphatic carbocycles. The summed E-state index contributed by atoms with van der Waals surface area (Å²) in [5.74, 6) is -0.998. The molecule has 1 heterocycles. The van der Waals surface area contributed by atoms with Crippen LogP contribution in [0.1, 0.15) is 46.5 Å². The zero-order chi connectivity index (χ0) is 14.6. The van der Waals surface area contributed by atoms with Crippen LogP contribution in [-0.4, -0.2) is 46.3 Å². The zero-order valence-corrected chi connectivity index (χ0v) is 11.9. The van der Waals surface area contributed by atoms with E-state index in [0.717, 1.165) is 12.8 Å². The molecule has 3 N–H and O–H groups in total. The molecule has 0 aromatic heterocycles. The van der Waals surface area contributed by atoms with Gasteiger partial charge in [-0.2, -0.15) is 0 Å². The maximum absolute atomic E-state index is 12.0. The first kappa shape index (κ1) is 15.8. The fourth-order valence-corrected chi connectivity index (χ4v) is 2.19. The highest BCUT2D eigenvalue weighted by Crippen LogP contribution is 2.24. The first-order valence-corrected chi connectivity index (χ1v) is 6.68. The van der Waals surface area contributed by atoms with Crippen LogP contribution in [0.15, 0.2) is 0 Å². The molecule has 2 unspecified atom stereocenters. The maximum Gasteiger partial charge on any atom is 0.410 e. The third-order valence-electron chi connectivity index (χ3n) is 3.13. The van der Waals surface area contributed by atoms with Crippen molar-refractivity contribution in [2.75, 3.05) is 6.54 Å². The molecule has 6 nitrogen and oxygen atoms in total. The highest BCUT2D eigenvalue weighted by atomic mass is 16.6. The minimum absolute atomic E-state index is 0.0419. The number of carboxylic acid groups (broad SMARTS) is 1. The van der Waals surface area contributed by atoms with Crippen molar-refractivity contribution in [1.29, 1.82) is 0 Å². The molecule has 1 rings (SSSR count). The van der Waals surface area contributed by atoms with Crippen LogP contribution in [0.2, 0.25) is 0 Å². The number of carbonyl (C=O) groups excluding carboxylic acids is 1. The van der Waals surface area contributed by atoms with Gasteiger partial charge in [0.15, 0.2) is 0 Å². The van der Waals surface area contributed by atoms with Crippen molar-refractivity contribution < 1.29 is 19.4 Å². The van der Waals surface area contributed by atoms with Gasteiger partial charge in [-0.25, -0.2) is 4.79 Å². The van der Waals surface area contributed by atoms with Gasteiger partial charge in [-0.3, -0.25) is 4.79 Å². The molecule has 1 amide bonds. The van der Waals surface area contributed by atoms with E-state index in [1.54, 1.807) is 4.90 Å². The smallest absolute Gasteiger partial charge is 0.410 e. The van der Waals surface area contributed by atoms with Crippen molar-refractivity contribution >= 4 is 12.1 Å². The molecule has 0 spiro atoms. The number of ether oxygens (including phenoxy) is 1. The molecule has 2 atom stereocenters. The predicted molar refractivity (Wildman–Crippen MR) is 70.8 cm³/mol. The third kappa shape index (κ3) is 5.06. The maximum atomic E-state index is 12.0. The molecule has 0 aromatic carbocycles. The average Bonchev–Trinajstić information content (AvgIpc) is 2.71. The highest BCUT2D eigenvalue weighted by Gasteiger charge is 2.32. The van der Waals surface area contributed by atoms with Gasteiger partial charge in [-0.1, -0.05) is 0 Å². The van der Waals surface area contributed by atoms with E-state index in [1.165, 1.54) is 0 Å². The summed E-state index contributed by atoms with van der Waals surface area (Å²) in [4.78, 5) is 24.4. The largest absolute Gasteiger partial charge is 0.480 e. The second-order valence-corrected chi connectivity index (χ2v) is 5.99. The number of nitrogens with two attached hydrogens (primary N) is 1. The lowest BCUT2D eigenvalue weighted by Crippen LogP contribution is -2.41. The van der Waals surface area contributed by atoms with E-state index in [-0.39, 0.29) is 12.1 Å². The molecule has 0 bridgehead atoms. The molecule has 1 aliphatic rings. The van der Waals surface area contributed by atoms with Gasteiger partial charge in [0, 0.05) is 12.6 Å². The Hall–Kier alpha value is -1.30. The van der Waals surface area contributed by atoms with E-state index in [0.29, 0.717) is 19.4 Å². The lowest BCUT2D eigenvalue weighted by molar-refractivity contribution is -0.138. The minimum Gasteiger partial charge on any atom is -0.480 e. The number of carbonyl (C=O) groups is 2. The van der Waals surface area contributed by atoms with Crippen LogP contribution in [0.5, 0.6) is 0 Å². The zero-order valence-electron chi connectivity index (χ0n) is 11.9. The van der Waals surface area contributed by atoms with Gasteiger partial charge in [-0.15, -0.1) is 0 Å². The van der Waals surface area contributed by atoms with Crippen LogP contribution in [0.25, 0.3) is 0 Å². The highest BCUT2D eigenvalue weighted by molar-refractivity contribution is 5.73. The van der Waals surface area contributed by atoms with Crippen LogP contribution in [-0.2, 0) is 9.53 Å². The molecular weight excluding hydrogens is 248 g/mol. The van der Waals surface area contributed by atoms with Crippen molar-refractivity contribution in [2.45, 2.75) is 64.1 Å². The predicted octanol–water partition coefficient (Wildman–Crippen LogP) is 1.58. The third-order valence-corrected chi connectivity index (χ3v) is 3.13. The van der Waals surface area contributed by atoms with Gasteiger partial charge in [0.1, 0.15) is 11.6 Å². The number of carboxylic acids is 1. The molecule has 1 saturated heterocycles. The Labute approximate surface area is 113 Å². The van der Waals surface area contributed by atoms with Crippen molar-refractivity contribution in [3.8, 4) is 0 Å². The number of rotatable bonds is 4. The molecule has 6 heteroatoms. The first-order valence-electron chi connectivity index (χ1n) is 6.68. The molecule has 19 heavy (non-hydrogen) atoms. The lowest BCUT2D eigenvalue weighted by atomic mass is 10.0. The number of hydrogen-bond acceptors (Lipinski definition) is 4. The fraction of sp³-hybridized carbons (Fsp3) is 0.846. The molecule has 0 saturated carbocycles. The van der Waals surface area contributed by atoms with E-state index in [9.17, 15) is 9.59 Å². The van der Waals surface area contributed by atoms with Gasteiger partial charge >= 0.3 is 12.1 Å². The first-order chi connectivity index (χ1) is 8.70. The normalized spacial score (nSPS) is 21.3. The van der Waals surface area contributed by atoms with Gasteiger partial charge in [0.25, 0.3) is 0 Å². The van der Waals surface area contributed by atoms with E-state index in [1.807, 2.05) is 20.8 Å². The summed E-state index contributed by atoms with van der Waals surface area (Å²) in [6.45, 7) is 6.16. The summed E-state index contributed by atoms with van der Waals surface area (Å²) in [6.07, 6.45) is 2.46. The Balaban J connectivity index is 2.50. The van der Waals surface area contributed by atoms with Crippen molar-refractivity contribution in [3.63, 3.8) is 0 Å².